The first-order valence-corrected chi connectivity index (χ1v) is 5.80. The van der Waals surface area contributed by atoms with Gasteiger partial charge in [-0.2, -0.15) is 0 Å². The van der Waals surface area contributed by atoms with Crippen molar-refractivity contribution in [3.05, 3.63) is 29.3 Å². The van der Waals surface area contributed by atoms with Crippen molar-refractivity contribution < 1.29 is 14.6 Å². The second kappa shape index (κ2) is 4.75. The minimum Gasteiger partial charge on any atom is -0.478 e. The van der Waals surface area contributed by atoms with E-state index in [-0.39, 0.29) is 12.1 Å². The number of benzene rings is 1. The minimum atomic E-state index is -0.887. The van der Waals surface area contributed by atoms with Crippen LogP contribution in [0.3, 0.4) is 0 Å². The van der Waals surface area contributed by atoms with Crippen molar-refractivity contribution in [2.24, 2.45) is 0 Å². The van der Waals surface area contributed by atoms with E-state index in [4.69, 9.17) is 9.84 Å². The van der Waals surface area contributed by atoms with Crippen molar-refractivity contribution in [2.75, 3.05) is 11.9 Å². The van der Waals surface area contributed by atoms with Gasteiger partial charge in [0.2, 0.25) is 0 Å². The zero-order chi connectivity index (χ0) is 12.4. The van der Waals surface area contributed by atoms with Gasteiger partial charge in [-0.3, -0.25) is 0 Å². The van der Waals surface area contributed by atoms with E-state index in [9.17, 15) is 4.79 Å². The van der Waals surface area contributed by atoms with E-state index < -0.39 is 5.97 Å². The number of aromatic carboxylic acids is 1. The van der Waals surface area contributed by atoms with E-state index in [0.29, 0.717) is 5.56 Å². The van der Waals surface area contributed by atoms with Gasteiger partial charge < -0.3 is 15.2 Å². The molecule has 2 rings (SSSR count). The Kier molecular flexibility index (Phi) is 3.33. The number of rotatable bonds is 3. The fraction of sp³-hybridized carbons (Fsp3) is 0.462. The average Bonchev–Trinajstić information content (AvgIpc) is 2.67. The lowest BCUT2D eigenvalue weighted by Gasteiger charge is -2.19. The summed E-state index contributed by atoms with van der Waals surface area (Å²) in [6.07, 6.45) is 1.13. The molecule has 0 bridgehead atoms. The molecule has 1 saturated heterocycles. The Hall–Kier alpha value is -1.55. The highest BCUT2D eigenvalue weighted by atomic mass is 16.5. The Morgan fingerprint density at radius 2 is 2.29 bits per heavy atom. The molecule has 92 valence electrons. The predicted octanol–water partition coefficient (Wildman–Crippen LogP) is 2.28. The Balaban J connectivity index is 2.21. The summed E-state index contributed by atoms with van der Waals surface area (Å²) in [6, 6.07) is 5.56. The van der Waals surface area contributed by atoms with Gasteiger partial charge in [0.05, 0.1) is 17.7 Å². The summed E-state index contributed by atoms with van der Waals surface area (Å²) in [5, 5.41) is 12.4. The van der Waals surface area contributed by atoms with Crippen molar-refractivity contribution in [3.8, 4) is 0 Å². The van der Waals surface area contributed by atoms with Crippen LogP contribution in [-0.4, -0.2) is 29.8 Å². The summed E-state index contributed by atoms with van der Waals surface area (Å²) in [4.78, 5) is 11.0. The zero-order valence-corrected chi connectivity index (χ0v) is 10.1. The molecule has 17 heavy (non-hydrogen) atoms. The maximum Gasteiger partial charge on any atom is 0.336 e. The van der Waals surface area contributed by atoms with Crippen molar-refractivity contribution in [2.45, 2.75) is 32.4 Å². The fourth-order valence-electron chi connectivity index (χ4n) is 2.14. The second-order valence-corrected chi connectivity index (χ2v) is 4.40. The van der Waals surface area contributed by atoms with Crippen LogP contribution >= 0.6 is 0 Å². The van der Waals surface area contributed by atoms with Crippen LogP contribution in [0.1, 0.15) is 29.3 Å². The van der Waals surface area contributed by atoms with E-state index in [2.05, 4.69) is 5.32 Å². The molecule has 1 aromatic rings. The van der Waals surface area contributed by atoms with E-state index >= 15 is 0 Å². The largest absolute Gasteiger partial charge is 0.478 e. The van der Waals surface area contributed by atoms with Crippen LogP contribution in [0.2, 0.25) is 0 Å². The molecule has 1 aromatic carbocycles. The molecule has 2 unspecified atom stereocenters. The van der Waals surface area contributed by atoms with Crippen molar-refractivity contribution in [1.82, 2.24) is 0 Å². The molecule has 1 heterocycles. The normalized spacial score (nSPS) is 23.6. The van der Waals surface area contributed by atoms with Gasteiger partial charge >= 0.3 is 5.97 Å². The summed E-state index contributed by atoms with van der Waals surface area (Å²) < 4.78 is 5.48. The molecule has 2 atom stereocenters. The molecular formula is C13H17NO3. The fourth-order valence-corrected chi connectivity index (χ4v) is 2.14. The molecule has 0 aromatic heterocycles. The highest BCUT2D eigenvalue weighted by Gasteiger charge is 2.24. The molecule has 0 saturated carbocycles. The number of ether oxygens (including phenoxy) is 1. The molecule has 0 radical (unpaired) electrons. The third kappa shape index (κ3) is 2.42. The maximum atomic E-state index is 11.0. The predicted molar refractivity (Wildman–Crippen MR) is 65.6 cm³/mol. The molecular weight excluding hydrogens is 218 g/mol. The lowest BCUT2D eigenvalue weighted by Crippen LogP contribution is -2.27. The van der Waals surface area contributed by atoms with E-state index in [1.807, 2.05) is 19.9 Å². The second-order valence-electron chi connectivity index (χ2n) is 4.40. The first kappa shape index (κ1) is 11.9. The number of hydrogen-bond acceptors (Lipinski definition) is 3. The summed E-state index contributed by atoms with van der Waals surface area (Å²) in [5.74, 6) is -0.887. The number of carboxylic acids is 1. The number of nitrogens with one attached hydrogen (secondary N) is 1. The van der Waals surface area contributed by atoms with Crippen molar-refractivity contribution in [3.63, 3.8) is 0 Å². The number of anilines is 1. The zero-order valence-electron chi connectivity index (χ0n) is 10.1. The topological polar surface area (TPSA) is 58.6 Å². The summed E-state index contributed by atoms with van der Waals surface area (Å²) in [5.41, 5.74) is 2.01. The summed E-state index contributed by atoms with van der Waals surface area (Å²) in [6.45, 7) is 4.61. The van der Waals surface area contributed by atoms with Crippen LogP contribution in [0.15, 0.2) is 18.2 Å². The molecule has 4 nitrogen and oxygen atoms in total. The SMILES string of the molecule is Cc1c(NC2CCOC2C)cccc1C(=O)O. The van der Waals surface area contributed by atoms with Gasteiger partial charge in [0, 0.05) is 12.3 Å². The van der Waals surface area contributed by atoms with Gasteiger partial charge in [0.15, 0.2) is 0 Å². The van der Waals surface area contributed by atoms with Crippen LogP contribution in [-0.2, 0) is 4.74 Å². The van der Waals surface area contributed by atoms with Crippen LogP contribution in [0.25, 0.3) is 0 Å². The molecule has 0 spiro atoms. The molecule has 0 aliphatic carbocycles. The Morgan fingerprint density at radius 1 is 1.53 bits per heavy atom. The Labute approximate surface area is 101 Å². The lowest BCUT2D eigenvalue weighted by atomic mass is 10.0. The molecule has 4 heteroatoms. The van der Waals surface area contributed by atoms with Crippen LogP contribution in [0.4, 0.5) is 5.69 Å². The van der Waals surface area contributed by atoms with E-state index in [1.165, 1.54) is 0 Å². The van der Waals surface area contributed by atoms with Gasteiger partial charge in [-0.05, 0) is 38.0 Å². The van der Waals surface area contributed by atoms with Crippen molar-refractivity contribution >= 4 is 11.7 Å². The van der Waals surface area contributed by atoms with Gasteiger partial charge in [0.25, 0.3) is 0 Å². The summed E-state index contributed by atoms with van der Waals surface area (Å²) in [7, 11) is 0. The first-order chi connectivity index (χ1) is 8.09. The standard InChI is InChI=1S/C13H17NO3/c1-8-10(13(15)16)4-3-5-11(8)14-12-6-7-17-9(12)2/h3-5,9,12,14H,6-7H2,1-2H3,(H,15,16). The monoisotopic (exact) mass is 235 g/mol. The highest BCUT2D eigenvalue weighted by Crippen LogP contribution is 2.23. The number of hydrogen-bond donors (Lipinski definition) is 2. The van der Waals surface area contributed by atoms with Gasteiger partial charge in [0.1, 0.15) is 0 Å². The van der Waals surface area contributed by atoms with Gasteiger partial charge in [-0.15, -0.1) is 0 Å². The van der Waals surface area contributed by atoms with Crippen molar-refractivity contribution in [1.29, 1.82) is 0 Å². The Morgan fingerprint density at radius 3 is 2.88 bits per heavy atom. The number of carbonyl (C=O) groups is 1. The van der Waals surface area contributed by atoms with Gasteiger partial charge in [-0.25, -0.2) is 4.79 Å². The molecule has 1 fully saturated rings. The summed E-state index contributed by atoms with van der Waals surface area (Å²) >= 11 is 0. The third-order valence-corrected chi connectivity index (χ3v) is 3.28. The Bertz CT molecular complexity index is 431. The molecule has 1 aliphatic heterocycles. The highest BCUT2D eigenvalue weighted by molar-refractivity contribution is 5.91. The van der Waals surface area contributed by atoms with E-state index in [0.717, 1.165) is 24.3 Å². The molecule has 2 N–H and O–H groups in total. The van der Waals surface area contributed by atoms with Crippen LogP contribution < -0.4 is 5.32 Å². The average molecular weight is 235 g/mol. The van der Waals surface area contributed by atoms with Gasteiger partial charge in [-0.1, -0.05) is 6.07 Å². The minimum absolute atomic E-state index is 0.169. The third-order valence-electron chi connectivity index (χ3n) is 3.28. The smallest absolute Gasteiger partial charge is 0.336 e. The number of carboxylic acid groups (broad SMARTS) is 1. The van der Waals surface area contributed by atoms with Crippen LogP contribution in [0, 0.1) is 6.92 Å². The molecule has 0 amide bonds. The lowest BCUT2D eigenvalue weighted by molar-refractivity contribution is 0.0696. The molecule has 1 aliphatic rings. The van der Waals surface area contributed by atoms with Crippen LogP contribution in [0.5, 0.6) is 0 Å². The quantitative estimate of drug-likeness (QED) is 0.843. The van der Waals surface area contributed by atoms with E-state index in [1.54, 1.807) is 12.1 Å². The first-order valence-electron chi connectivity index (χ1n) is 5.80. The maximum absolute atomic E-state index is 11.0.